The van der Waals surface area contributed by atoms with Gasteiger partial charge in [-0.25, -0.2) is 4.98 Å². The van der Waals surface area contributed by atoms with Crippen molar-refractivity contribution in [3.8, 4) is 5.75 Å². The van der Waals surface area contributed by atoms with E-state index >= 15 is 0 Å². The number of H-pyrrole nitrogens is 1. The van der Waals surface area contributed by atoms with E-state index in [1.54, 1.807) is 31.2 Å². The topological polar surface area (TPSA) is 90.9 Å². The molecule has 0 aliphatic heterocycles. The maximum absolute atomic E-state index is 11.2. The number of carbonyl (C=O) groups is 1. The van der Waals surface area contributed by atoms with Gasteiger partial charge >= 0.3 is 0 Å². The van der Waals surface area contributed by atoms with E-state index in [2.05, 4.69) is 15.2 Å². The van der Waals surface area contributed by atoms with E-state index in [0.29, 0.717) is 11.0 Å². The van der Waals surface area contributed by atoms with Gasteiger partial charge in [-0.2, -0.15) is 0 Å². The number of rotatable bonds is 6. The van der Waals surface area contributed by atoms with Crippen molar-refractivity contribution in [1.82, 2.24) is 15.2 Å². The number of carboxylic acids is 1. The SMILES string of the molecule is Cc1nc(S/C(=C\c2ccc(OC(C)C)cc2)C(=O)[O-])n[nH]1. The quantitative estimate of drug-likeness (QED) is 0.645. The number of ether oxygens (including phenoxy) is 1. The minimum Gasteiger partial charge on any atom is -0.544 e. The summed E-state index contributed by atoms with van der Waals surface area (Å²) in [6, 6.07) is 7.15. The summed E-state index contributed by atoms with van der Waals surface area (Å²) in [6.45, 7) is 5.63. The molecule has 1 aromatic heterocycles. The van der Waals surface area contributed by atoms with Crippen LogP contribution in [0.1, 0.15) is 25.2 Å². The summed E-state index contributed by atoms with van der Waals surface area (Å²) >= 11 is 0.942. The van der Waals surface area contributed by atoms with Crippen LogP contribution in [0.25, 0.3) is 6.08 Å². The van der Waals surface area contributed by atoms with Crippen molar-refractivity contribution in [2.75, 3.05) is 0 Å². The molecule has 0 aliphatic carbocycles. The monoisotopic (exact) mass is 318 g/mol. The molecule has 0 bridgehead atoms. The lowest BCUT2D eigenvalue weighted by molar-refractivity contribution is -0.297. The number of carbonyl (C=O) groups excluding carboxylic acids is 1. The molecule has 0 radical (unpaired) electrons. The van der Waals surface area contributed by atoms with E-state index in [1.165, 1.54) is 6.08 Å². The average Bonchev–Trinajstić information content (AvgIpc) is 2.85. The molecule has 0 saturated heterocycles. The number of nitrogens with one attached hydrogen (secondary N) is 1. The lowest BCUT2D eigenvalue weighted by atomic mass is 10.2. The zero-order chi connectivity index (χ0) is 16.1. The van der Waals surface area contributed by atoms with Crippen LogP contribution >= 0.6 is 11.8 Å². The normalized spacial score (nSPS) is 11.7. The van der Waals surface area contributed by atoms with E-state index in [-0.39, 0.29) is 11.0 Å². The third-order valence-electron chi connectivity index (χ3n) is 2.53. The Hall–Kier alpha value is -2.28. The first kappa shape index (κ1) is 16.1. The van der Waals surface area contributed by atoms with E-state index < -0.39 is 5.97 Å². The van der Waals surface area contributed by atoms with Crippen molar-refractivity contribution < 1.29 is 14.6 Å². The Balaban J connectivity index is 2.17. The summed E-state index contributed by atoms with van der Waals surface area (Å²) in [5.41, 5.74) is 0.732. The smallest absolute Gasteiger partial charge is 0.213 e. The number of nitrogens with zero attached hydrogens (tertiary/aromatic N) is 2. The molecule has 0 unspecified atom stereocenters. The van der Waals surface area contributed by atoms with Crippen LogP contribution in [0.2, 0.25) is 0 Å². The van der Waals surface area contributed by atoms with Crippen LogP contribution in [0.5, 0.6) is 5.75 Å². The molecule has 6 nitrogen and oxygen atoms in total. The second-order valence-corrected chi connectivity index (χ2v) is 5.85. The molecular weight excluding hydrogens is 302 g/mol. The number of carboxylic acid groups (broad SMARTS) is 1. The predicted molar refractivity (Wildman–Crippen MR) is 82.2 cm³/mol. The summed E-state index contributed by atoms with van der Waals surface area (Å²) in [5.74, 6) is 0.0877. The fourth-order valence-corrected chi connectivity index (χ4v) is 2.41. The second-order valence-electron chi connectivity index (χ2n) is 4.84. The number of hydrogen-bond acceptors (Lipinski definition) is 6. The van der Waals surface area contributed by atoms with Gasteiger partial charge in [0.1, 0.15) is 11.6 Å². The third kappa shape index (κ3) is 4.63. The fourth-order valence-electron chi connectivity index (χ4n) is 1.66. The lowest BCUT2D eigenvalue weighted by Gasteiger charge is -2.10. The Labute approximate surface area is 132 Å². The molecule has 22 heavy (non-hydrogen) atoms. The summed E-state index contributed by atoms with van der Waals surface area (Å²) in [7, 11) is 0. The van der Waals surface area contributed by atoms with Crippen LogP contribution in [-0.4, -0.2) is 27.3 Å². The number of benzene rings is 1. The first-order valence-electron chi connectivity index (χ1n) is 6.70. The standard InChI is InChI=1S/C15H17N3O3S/c1-9(2)21-12-6-4-11(5-7-12)8-13(14(19)20)22-15-16-10(3)17-18-15/h4-9H,1-3H3,(H,19,20)(H,16,17,18)/p-1/b13-8-. The van der Waals surface area contributed by atoms with Crippen molar-refractivity contribution >= 4 is 23.8 Å². The Morgan fingerprint density at radius 2 is 2.05 bits per heavy atom. The van der Waals surface area contributed by atoms with Gasteiger partial charge in [-0.05, 0) is 56.3 Å². The Bertz CT molecular complexity index is 678. The maximum atomic E-state index is 11.2. The van der Waals surface area contributed by atoms with Crippen LogP contribution in [0.15, 0.2) is 34.3 Å². The van der Waals surface area contributed by atoms with Gasteiger partial charge in [-0.3, -0.25) is 5.10 Å². The van der Waals surface area contributed by atoms with Gasteiger partial charge in [0.15, 0.2) is 0 Å². The van der Waals surface area contributed by atoms with Gasteiger partial charge in [-0.1, -0.05) is 12.1 Å². The van der Waals surface area contributed by atoms with Crippen LogP contribution < -0.4 is 9.84 Å². The van der Waals surface area contributed by atoms with Crippen molar-refractivity contribution in [3.63, 3.8) is 0 Å². The Morgan fingerprint density at radius 3 is 2.55 bits per heavy atom. The van der Waals surface area contributed by atoms with E-state index in [0.717, 1.165) is 23.1 Å². The molecule has 0 fully saturated rings. The molecule has 116 valence electrons. The molecular formula is C15H16N3O3S-. The molecule has 2 aromatic rings. The van der Waals surface area contributed by atoms with E-state index in [4.69, 9.17) is 4.74 Å². The molecule has 0 aliphatic rings. The Kier molecular flexibility index (Phi) is 5.21. The fraction of sp³-hybridized carbons (Fsp3) is 0.267. The van der Waals surface area contributed by atoms with Gasteiger partial charge in [-0.15, -0.1) is 5.10 Å². The molecule has 0 amide bonds. The highest BCUT2D eigenvalue weighted by Crippen LogP contribution is 2.25. The molecule has 7 heteroatoms. The van der Waals surface area contributed by atoms with Gasteiger partial charge < -0.3 is 14.6 Å². The number of hydrogen-bond donors (Lipinski definition) is 1. The van der Waals surface area contributed by atoms with Crippen molar-refractivity contribution in [1.29, 1.82) is 0 Å². The highest BCUT2D eigenvalue weighted by molar-refractivity contribution is 8.04. The Morgan fingerprint density at radius 1 is 1.36 bits per heavy atom. The van der Waals surface area contributed by atoms with Crippen LogP contribution in [0, 0.1) is 6.92 Å². The predicted octanol–water partition coefficient (Wildman–Crippen LogP) is 1.78. The molecule has 1 heterocycles. The molecule has 1 N–H and O–H groups in total. The van der Waals surface area contributed by atoms with Gasteiger partial charge in [0.05, 0.1) is 12.1 Å². The number of thioether (sulfide) groups is 1. The minimum absolute atomic E-state index is 0.0385. The highest BCUT2D eigenvalue weighted by Gasteiger charge is 2.07. The van der Waals surface area contributed by atoms with E-state index in [1.807, 2.05) is 13.8 Å². The molecule has 0 spiro atoms. The van der Waals surface area contributed by atoms with Crippen molar-refractivity contribution in [2.24, 2.45) is 0 Å². The number of aliphatic carboxylic acids is 1. The van der Waals surface area contributed by atoms with Crippen LogP contribution in [0.4, 0.5) is 0 Å². The van der Waals surface area contributed by atoms with Gasteiger partial charge in [0.2, 0.25) is 5.16 Å². The van der Waals surface area contributed by atoms with Gasteiger partial charge in [0.25, 0.3) is 0 Å². The zero-order valence-corrected chi connectivity index (χ0v) is 13.3. The second kappa shape index (κ2) is 7.13. The highest BCUT2D eigenvalue weighted by atomic mass is 32.2. The van der Waals surface area contributed by atoms with Gasteiger partial charge in [0, 0.05) is 4.91 Å². The summed E-state index contributed by atoms with van der Waals surface area (Å²) in [5, 5.41) is 18.1. The molecule has 2 rings (SSSR count). The minimum atomic E-state index is -1.27. The van der Waals surface area contributed by atoms with Crippen LogP contribution in [-0.2, 0) is 4.79 Å². The summed E-state index contributed by atoms with van der Waals surface area (Å²) in [4.78, 5) is 15.3. The summed E-state index contributed by atoms with van der Waals surface area (Å²) in [6.07, 6.45) is 1.61. The van der Waals surface area contributed by atoms with Crippen molar-refractivity contribution in [2.45, 2.75) is 32.0 Å². The van der Waals surface area contributed by atoms with Crippen LogP contribution in [0.3, 0.4) is 0 Å². The first-order valence-corrected chi connectivity index (χ1v) is 7.52. The largest absolute Gasteiger partial charge is 0.544 e. The molecule has 1 aromatic carbocycles. The summed E-state index contributed by atoms with van der Waals surface area (Å²) < 4.78 is 5.54. The number of aryl methyl sites for hydroxylation is 1. The van der Waals surface area contributed by atoms with Crippen molar-refractivity contribution in [3.05, 3.63) is 40.6 Å². The number of aromatic amines is 1. The maximum Gasteiger partial charge on any atom is 0.213 e. The average molecular weight is 318 g/mol. The molecule has 0 saturated carbocycles. The lowest BCUT2D eigenvalue weighted by Crippen LogP contribution is -2.23. The first-order chi connectivity index (χ1) is 10.4. The molecule has 0 atom stereocenters. The zero-order valence-electron chi connectivity index (χ0n) is 12.5. The van der Waals surface area contributed by atoms with E-state index in [9.17, 15) is 9.90 Å². The number of aromatic nitrogens is 3. The third-order valence-corrected chi connectivity index (χ3v) is 3.40.